The predicted octanol–water partition coefficient (Wildman–Crippen LogP) is 4.00. The smallest absolute Gasteiger partial charge is 0.178 e. The number of benzene rings is 2. The number of hydrogen-bond donors (Lipinski definition) is 1. The molecule has 0 unspecified atom stereocenters. The Balaban J connectivity index is 1.68. The molecule has 3 nitrogen and oxygen atoms in total. The molecule has 24 heavy (non-hydrogen) atoms. The van der Waals surface area contributed by atoms with Crippen molar-refractivity contribution in [3.05, 3.63) is 59.7 Å². The van der Waals surface area contributed by atoms with Gasteiger partial charge in [0.15, 0.2) is 5.11 Å². The monoisotopic (exact) mass is 337 g/mol. The van der Waals surface area contributed by atoms with E-state index in [2.05, 4.69) is 59.4 Å². The second-order valence-corrected chi connectivity index (χ2v) is 7.34. The molecule has 0 aliphatic carbocycles. The molecule has 1 fully saturated rings. The summed E-state index contributed by atoms with van der Waals surface area (Å²) in [5, 5.41) is 4.24. The number of nitrogens with one attached hydrogen (secondary N) is 1. The number of piperidine rings is 1. The molecule has 0 amide bonds. The first-order valence-electron chi connectivity index (χ1n) is 8.58. The van der Waals surface area contributed by atoms with Crippen molar-refractivity contribution >= 4 is 28.7 Å². The normalized spacial score (nSPS) is 22.8. The highest BCUT2D eigenvalue weighted by Crippen LogP contribution is 2.45. The maximum absolute atomic E-state index is 5.80. The van der Waals surface area contributed by atoms with E-state index in [1.165, 1.54) is 16.8 Å². The minimum atomic E-state index is 0.460. The molecular formula is C20H23N3S. The van der Waals surface area contributed by atoms with Crippen molar-refractivity contribution in [1.29, 1.82) is 0 Å². The Labute approximate surface area is 149 Å². The third kappa shape index (κ3) is 2.70. The van der Waals surface area contributed by atoms with Crippen LogP contribution in [0.4, 0.5) is 11.4 Å². The number of thiocarbonyl (C=S) groups is 1. The fourth-order valence-electron chi connectivity index (χ4n) is 4.05. The van der Waals surface area contributed by atoms with Crippen molar-refractivity contribution < 1.29 is 0 Å². The van der Waals surface area contributed by atoms with E-state index in [1.807, 2.05) is 18.2 Å². The van der Waals surface area contributed by atoms with Gasteiger partial charge in [-0.1, -0.05) is 35.9 Å². The molecule has 1 saturated heterocycles. The van der Waals surface area contributed by atoms with Gasteiger partial charge in [0, 0.05) is 29.9 Å². The van der Waals surface area contributed by atoms with Crippen molar-refractivity contribution in [3.63, 3.8) is 0 Å². The van der Waals surface area contributed by atoms with Crippen LogP contribution in [0.5, 0.6) is 0 Å². The molecule has 2 aliphatic rings. The van der Waals surface area contributed by atoms with E-state index >= 15 is 0 Å². The predicted molar refractivity (Wildman–Crippen MR) is 105 cm³/mol. The van der Waals surface area contributed by atoms with Crippen molar-refractivity contribution in [2.45, 2.75) is 25.3 Å². The number of fused-ring (bicyclic) bond motifs is 3. The second-order valence-electron chi connectivity index (χ2n) is 6.95. The van der Waals surface area contributed by atoms with E-state index in [4.69, 9.17) is 12.2 Å². The molecule has 4 heteroatoms. The molecule has 2 atom stereocenters. The van der Waals surface area contributed by atoms with Crippen molar-refractivity contribution in [1.82, 2.24) is 4.90 Å². The lowest BCUT2D eigenvalue weighted by molar-refractivity contribution is 0.237. The van der Waals surface area contributed by atoms with E-state index in [0.717, 1.165) is 30.3 Å². The van der Waals surface area contributed by atoms with Gasteiger partial charge in [0.1, 0.15) is 0 Å². The molecule has 0 bridgehead atoms. The molecule has 0 aromatic heterocycles. The van der Waals surface area contributed by atoms with Crippen LogP contribution in [0.15, 0.2) is 48.5 Å². The van der Waals surface area contributed by atoms with Crippen LogP contribution in [0.25, 0.3) is 0 Å². The highest BCUT2D eigenvalue weighted by molar-refractivity contribution is 7.80. The summed E-state index contributed by atoms with van der Waals surface area (Å²) in [6.45, 7) is 4.40. The van der Waals surface area contributed by atoms with Gasteiger partial charge in [0.05, 0.1) is 0 Å². The number of hydrogen-bond acceptors (Lipinski definition) is 2. The summed E-state index contributed by atoms with van der Waals surface area (Å²) in [6.07, 6.45) is 1.14. The van der Waals surface area contributed by atoms with Crippen LogP contribution >= 0.6 is 12.2 Å². The quantitative estimate of drug-likeness (QED) is 0.793. The SMILES string of the molecule is Cc1ccc2c(c1)[C@H]1CN(C)CC[C@H]1N2C(=S)Nc1ccccc1. The Morgan fingerprint density at radius 2 is 1.96 bits per heavy atom. The summed E-state index contributed by atoms with van der Waals surface area (Å²) in [4.78, 5) is 4.79. The van der Waals surface area contributed by atoms with Crippen LogP contribution in [0.1, 0.15) is 23.5 Å². The molecule has 2 aromatic rings. The third-order valence-corrected chi connectivity index (χ3v) is 5.50. The maximum atomic E-state index is 5.80. The van der Waals surface area contributed by atoms with Crippen molar-refractivity contribution in [3.8, 4) is 0 Å². The van der Waals surface area contributed by atoms with E-state index in [9.17, 15) is 0 Å². The molecule has 0 saturated carbocycles. The Bertz CT molecular complexity index is 759. The Morgan fingerprint density at radius 3 is 2.75 bits per heavy atom. The van der Waals surface area contributed by atoms with E-state index in [1.54, 1.807) is 0 Å². The van der Waals surface area contributed by atoms with Gasteiger partial charge < -0.3 is 15.1 Å². The number of rotatable bonds is 1. The van der Waals surface area contributed by atoms with E-state index < -0.39 is 0 Å². The molecule has 4 rings (SSSR count). The summed E-state index contributed by atoms with van der Waals surface area (Å²) in [7, 11) is 2.22. The molecule has 2 heterocycles. The first-order valence-corrected chi connectivity index (χ1v) is 8.98. The lowest BCUT2D eigenvalue weighted by Crippen LogP contribution is -2.48. The van der Waals surface area contributed by atoms with Crippen molar-refractivity contribution in [2.75, 3.05) is 30.4 Å². The fourth-order valence-corrected chi connectivity index (χ4v) is 4.40. The molecule has 1 N–H and O–H groups in total. The number of aryl methyl sites for hydroxylation is 1. The molecule has 124 valence electrons. The van der Waals surface area contributed by atoms with Gasteiger partial charge in [-0.05, 0) is 62.9 Å². The zero-order chi connectivity index (χ0) is 16.7. The highest BCUT2D eigenvalue weighted by atomic mass is 32.1. The Morgan fingerprint density at radius 1 is 1.17 bits per heavy atom. The van der Waals surface area contributed by atoms with Gasteiger partial charge in [0.25, 0.3) is 0 Å². The number of nitrogens with zero attached hydrogens (tertiary/aromatic N) is 2. The largest absolute Gasteiger partial charge is 0.332 e. The first-order chi connectivity index (χ1) is 11.6. The standard InChI is InChI=1S/C20H23N3S/c1-14-8-9-18-16(12-14)17-13-22(2)11-10-19(17)23(18)20(24)21-15-6-4-3-5-7-15/h3-9,12,17,19H,10-11,13H2,1-2H3,(H,21,24)/t17-,19-/m1/s1. The lowest BCUT2D eigenvalue weighted by atomic mass is 9.89. The topological polar surface area (TPSA) is 18.5 Å². The van der Waals surface area contributed by atoms with Gasteiger partial charge in [-0.3, -0.25) is 0 Å². The minimum Gasteiger partial charge on any atom is -0.332 e. The summed E-state index contributed by atoms with van der Waals surface area (Å²) in [5.74, 6) is 0.536. The number of para-hydroxylation sites is 1. The molecular weight excluding hydrogens is 314 g/mol. The van der Waals surface area contributed by atoms with Crippen molar-refractivity contribution in [2.24, 2.45) is 0 Å². The van der Waals surface area contributed by atoms with Gasteiger partial charge in [-0.25, -0.2) is 0 Å². The minimum absolute atomic E-state index is 0.460. The molecule has 2 aliphatic heterocycles. The van der Waals surface area contributed by atoms with Crippen LogP contribution in [-0.2, 0) is 0 Å². The van der Waals surface area contributed by atoms with Crippen LogP contribution in [0.2, 0.25) is 0 Å². The summed E-state index contributed by atoms with van der Waals surface area (Å²) in [5.41, 5.74) is 5.10. The summed E-state index contributed by atoms with van der Waals surface area (Å²) in [6, 6.07) is 17.4. The summed E-state index contributed by atoms with van der Waals surface area (Å²) < 4.78 is 0. The van der Waals surface area contributed by atoms with Gasteiger partial charge in [-0.15, -0.1) is 0 Å². The van der Waals surface area contributed by atoms with Gasteiger partial charge >= 0.3 is 0 Å². The zero-order valence-corrected chi connectivity index (χ0v) is 15.0. The Kier molecular flexibility index (Phi) is 4.02. The summed E-state index contributed by atoms with van der Waals surface area (Å²) >= 11 is 5.80. The van der Waals surface area contributed by atoms with Crippen LogP contribution in [0, 0.1) is 6.92 Å². The third-order valence-electron chi connectivity index (χ3n) is 5.20. The van der Waals surface area contributed by atoms with E-state index in [0.29, 0.717) is 12.0 Å². The molecule has 0 spiro atoms. The van der Waals surface area contributed by atoms with Crippen LogP contribution in [-0.4, -0.2) is 36.2 Å². The molecule has 2 aromatic carbocycles. The second kappa shape index (κ2) is 6.19. The zero-order valence-electron chi connectivity index (χ0n) is 14.2. The average Bonchev–Trinajstić information content (AvgIpc) is 2.89. The average molecular weight is 337 g/mol. The van der Waals surface area contributed by atoms with E-state index in [-0.39, 0.29) is 0 Å². The van der Waals surface area contributed by atoms with Crippen LogP contribution in [0.3, 0.4) is 0 Å². The Hall–Kier alpha value is -1.91. The van der Waals surface area contributed by atoms with Gasteiger partial charge in [-0.2, -0.15) is 0 Å². The van der Waals surface area contributed by atoms with Gasteiger partial charge in [0.2, 0.25) is 0 Å². The number of likely N-dealkylation sites (tertiary alicyclic amines) is 1. The number of anilines is 2. The highest BCUT2D eigenvalue weighted by Gasteiger charge is 2.42. The first kappa shape index (κ1) is 15.6. The molecule has 0 radical (unpaired) electrons. The maximum Gasteiger partial charge on any atom is 0.178 e. The lowest BCUT2D eigenvalue weighted by Gasteiger charge is -2.37. The number of likely N-dealkylation sites (N-methyl/N-ethyl adjacent to an activating group) is 1. The van der Waals surface area contributed by atoms with Crippen LogP contribution < -0.4 is 10.2 Å². The fraction of sp³-hybridized carbons (Fsp3) is 0.350.